The molecule has 222 valence electrons. The van der Waals surface area contributed by atoms with E-state index in [0.29, 0.717) is 11.1 Å². The third kappa shape index (κ3) is 4.97. The average molecular weight is 579 g/mol. The van der Waals surface area contributed by atoms with Gasteiger partial charge in [-0.25, -0.2) is 0 Å². The molecular formula is C27H30O14. The molecule has 2 aliphatic rings. The maximum absolute atomic E-state index is 13.1. The van der Waals surface area contributed by atoms with Crippen LogP contribution in [0, 0.1) is 0 Å². The molecule has 0 radical (unpaired) electrons. The third-order valence-electron chi connectivity index (χ3n) is 7.59. The fourth-order valence-corrected chi connectivity index (χ4v) is 5.29. The highest BCUT2D eigenvalue weighted by molar-refractivity contribution is 5.89. The zero-order valence-electron chi connectivity index (χ0n) is 21.3. The molecule has 0 saturated carbocycles. The zero-order chi connectivity index (χ0) is 29.7. The summed E-state index contributed by atoms with van der Waals surface area (Å²) in [7, 11) is 0. The minimum absolute atomic E-state index is 0.0568. The van der Waals surface area contributed by atoms with E-state index in [1.54, 1.807) is 0 Å². The van der Waals surface area contributed by atoms with Crippen LogP contribution in [0.25, 0.3) is 22.3 Å². The summed E-state index contributed by atoms with van der Waals surface area (Å²) in [6.07, 6.45) is -15.0. The van der Waals surface area contributed by atoms with Crippen LogP contribution in [-0.4, -0.2) is 113 Å². The Morgan fingerprint density at radius 1 is 0.659 bits per heavy atom. The van der Waals surface area contributed by atoms with E-state index in [0.717, 1.165) is 12.1 Å². The van der Waals surface area contributed by atoms with E-state index in [4.69, 9.17) is 13.9 Å². The lowest BCUT2D eigenvalue weighted by atomic mass is 9.89. The van der Waals surface area contributed by atoms with Crippen molar-refractivity contribution in [1.82, 2.24) is 0 Å². The van der Waals surface area contributed by atoms with Crippen molar-refractivity contribution in [3.8, 4) is 22.8 Å². The highest BCUT2D eigenvalue weighted by Crippen LogP contribution is 2.44. The summed E-state index contributed by atoms with van der Waals surface area (Å²) < 4.78 is 17.0. The van der Waals surface area contributed by atoms with Crippen LogP contribution in [0.3, 0.4) is 0 Å². The minimum Gasteiger partial charge on any atom is -0.507 e. The number of aliphatic hydroxyl groups is 8. The summed E-state index contributed by atoms with van der Waals surface area (Å²) in [6.45, 7) is -1.34. The number of hydrogen-bond donors (Lipinski definition) is 10. The lowest BCUT2D eigenvalue weighted by Crippen LogP contribution is -2.55. The van der Waals surface area contributed by atoms with E-state index in [2.05, 4.69) is 0 Å². The number of phenolic OH excluding ortho intramolecular Hbond substituents is 2. The summed E-state index contributed by atoms with van der Waals surface area (Å²) in [5.41, 5.74) is -0.757. The molecule has 14 nitrogen and oxygen atoms in total. The van der Waals surface area contributed by atoms with E-state index >= 15 is 0 Å². The Balaban J connectivity index is 1.57. The first-order valence-electron chi connectivity index (χ1n) is 12.7. The Morgan fingerprint density at radius 2 is 1.20 bits per heavy atom. The van der Waals surface area contributed by atoms with Gasteiger partial charge >= 0.3 is 0 Å². The van der Waals surface area contributed by atoms with Crippen LogP contribution in [0.1, 0.15) is 23.3 Å². The maximum atomic E-state index is 13.1. The van der Waals surface area contributed by atoms with Crippen molar-refractivity contribution in [3.05, 3.63) is 57.7 Å². The second kappa shape index (κ2) is 11.3. The van der Waals surface area contributed by atoms with Gasteiger partial charge in [-0.15, -0.1) is 0 Å². The fourth-order valence-electron chi connectivity index (χ4n) is 5.29. The molecule has 5 rings (SSSR count). The molecule has 3 aromatic rings. The highest BCUT2D eigenvalue weighted by Gasteiger charge is 2.46. The first-order chi connectivity index (χ1) is 19.5. The van der Waals surface area contributed by atoms with Crippen LogP contribution < -0.4 is 5.43 Å². The quantitative estimate of drug-likeness (QED) is 0.156. The first-order valence-corrected chi connectivity index (χ1v) is 12.7. The molecule has 0 amide bonds. The molecule has 2 aromatic carbocycles. The number of aliphatic hydroxyl groups excluding tert-OH is 8. The van der Waals surface area contributed by atoms with Crippen molar-refractivity contribution in [2.75, 3.05) is 13.2 Å². The molecule has 2 aliphatic heterocycles. The second-order valence-corrected chi connectivity index (χ2v) is 10.1. The van der Waals surface area contributed by atoms with E-state index in [9.17, 15) is 55.9 Å². The Bertz CT molecular complexity index is 1450. The molecule has 0 aliphatic carbocycles. The van der Waals surface area contributed by atoms with E-state index in [1.165, 1.54) is 24.3 Å². The Labute approximate surface area is 231 Å². The van der Waals surface area contributed by atoms with Crippen LogP contribution in [-0.2, 0) is 9.47 Å². The molecular weight excluding hydrogens is 548 g/mol. The molecule has 2 saturated heterocycles. The van der Waals surface area contributed by atoms with Gasteiger partial charge in [-0.3, -0.25) is 4.79 Å². The number of phenols is 2. The lowest BCUT2D eigenvalue weighted by molar-refractivity contribution is -0.231. The fraction of sp³-hybridized carbons (Fsp3) is 0.444. The van der Waals surface area contributed by atoms with Gasteiger partial charge in [-0.05, 0) is 5.56 Å². The molecule has 0 bridgehead atoms. The first kappa shape index (κ1) is 29.3. The molecule has 14 heteroatoms. The van der Waals surface area contributed by atoms with Gasteiger partial charge in [0.2, 0.25) is 0 Å². The molecule has 10 N–H and O–H groups in total. The van der Waals surface area contributed by atoms with Crippen molar-refractivity contribution >= 4 is 11.0 Å². The maximum Gasteiger partial charge on any atom is 0.197 e. The summed E-state index contributed by atoms with van der Waals surface area (Å²) in [5.74, 6) is -1.35. The van der Waals surface area contributed by atoms with Crippen LogP contribution >= 0.6 is 0 Å². The monoisotopic (exact) mass is 578 g/mol. The summed E-state index contributed by atoms with van der Waals surface area (Å²) in [6, 6.07) is 7.85. The topological polar surface area (TPSA) is 251 Å². The normalized spacial score (nSPS) is 34.1. The standard InChI is InChI=1S/C27H30O14/c28-7-15-19(33)21(35)23(37)25(40-15)10-3-1-9(2-4-10)14-6-13(32)17-11(30)5-12(31)18(26(17)39-14)27-24(38)22(36)20(34)16(8-29)41-27/h1-6,15-16,19-25,27-31,33-38H,7-8H2/t15-,16-,19-,20-,21+,22+,23-,24-,25+,27+/m1/s1. The van der Waals surface area contributed by atoms with Crippen LogP contribution in [0.5, 0.6) is 11.5 Å². The van der Waals surface area contributed by atoms with E-state index in [-0.39, 0.29) is 22.3 Å². The number of aromatic hydroxyl groups is 2. The zero-order valence-corrected chi connectivity index (χ0v) is 21.3. The molecule has 2 fully saturated rings. The summed E-state index contributed by atoms with van der Waals surface area (Å²) in [5, 5.41) is 101. The molecule has 0 spiro atoms. The van der Waals surface area contributed by atoms with Gasteiger partial charge in [0.15, 0.2) is 11.0 Å². The number of hydrogen-bond acceptors (Lipinski definition) is 14. The van der Waals surface area contributed by atoms with Gasteiger partial charge in [0.25, 0.3) is 0 Å². The van der Waals surface area contributed by atoms with Gasteiger partial charge in [0.05, 0.1) is 18.8 Å². The minimum atomic E-state index is -1.82. The van der Waals surface area contributed by atoms with Crippen molar-refractivity contribution in [2.45, 2.75) is 61.0 Å². The number of rotatable bonds is 5. The SMILES string of the molecule is O=c1cc(-c2ccc([C@@H]3O[C@H](CO)[C@@H](O)[C@H](O)[C@H]3O)cc2)oc2c([C@@H]3O[C@H](CO)[C@@H](O)[C@H](O)[C@H]3O)c(O)cc(O)c12. The second-order valence-electron chi connectivity index (χ2n) is 10.1. The Morgan fingerprint density at radius 3 is 1.76 bits per heavy atom. The van der Waals surface area contributed by atoms with Gasteiger partial charge < -0.3 is 65.0 Å². The van der Waals surface area contributed by atoms with Crippen molar-refractivity contribution in [1.29, 1.82) is 0 Å². The molecule has 41 heavy (non-hydrogen) atoms. The molecule has 3 heterocycles. The van der Waals surface area contributed by atoms with Crippen molar-refractivity contribution in [2.24, 2.45) is 0 Å². The number of benzene rings is 2. The average Bonchev–Trinajstić information content (AvgIpc) is 2.95. The van der Waals surface area contributed by atoms with Gasteiger partial charge in [-0.2, -0.15) is 0 Å². The van der Waals surface area contributed by atoms with Crippen LogP contribution in [0.2, 0.25) is 0 Å². The van der Waals surface area contributed by atoms with E-state index < -0.39 is 91.2 Å². The lowest BCUT2D eigenvalue weighted by Gasteiger charge is -2.40. The Hall–Kier alpha value is -3.15. The largest absolute Gasteiger partial charge is 0.507 e. The van der Waals surface area contributed by atoms with Gasteiger partial charge in [0, 0.05) is 17.7 Å². The molecule has 0 unspecified atom stereocenters. The predicted octanol–water partition coefficient (Wildman–Crippen LogP) is -2.10. The predicted molar refractivity (Wildman–Crippen MR) is 137 cm³/mol. The van der Waals surface area contributed by atoms with Gasteiger partial charge in [-0.1, -0.05) is 24.3 Å². The smallest absolute Gasteiger partial charge is 0.197 e. The van der Waals surface area contributed by atoms with Crippen LogP contribution in [0.15, 0.2) is 45.6 Å². The van der Waals surface area contributed by atoms with Gasteiger partial charge in [0.1, 0.15) is 83.7 Å². The van der Waals surface area contributed by atoms with Crippen molar-refractivity contribution < 1.29 is 65.0 Å². The molecule has 1 aromatic heterocycles. The third-order valence-corrected chi connectivity index (χ3v) is 7.59. The summed E-state index contributed by atoms with van der Waals surface area (Å²) >= 11 is 0. The summed E-state index contributed by atoms with van der Waals surface area (Å²) in [4.78, 5) is 13.1. The molecule has 10 atom stereocenters. The van der Waals surface area contributed by atoms with Crippen LogP contribution in [0.4, 0.5) is 0 Å². The Kier molecular flexibility index (Phi) is 8.06. The highest BCUT2D eigenvalue weighted by atomic mass is 16.6. The number of fused-ring (bicyclic) bond motifs is 1. The van der Waals surface area contributed by atoms with E-state index in [1.807, 2.05) is 0 Å². The van der Waals surface area contributed by atoms with Crippen molar-refractivity contribution in [3.63, 3.8) is 0 Å². The number of ether oxygens (including phenoxy) is 2.